The van der Waals surface area contributed by atoms with Gasteiger partial charge in [0.05, 0.1) is 6.61 Å². The van der Waals surface area contributed by atoms with Gasteiger partial charge in [0.15, 0.2) is 11.5 Å². The van der Waals surface area contributed by atoms with Crippen LogP contribution in [0.4, 0.5) is 0 Å². The Morgan fingerprint density at radius 1 is 1.59 bits per heavy atom. The van der Waals surface area contributed by atoms with E-state index in [0.29, 0.717) is 12.4 Å². The average molecular weight is 249 g/mol. The van der Waals surface area contributed by atoms with Gasteiger partial charge in [-0.15, -0.1) is 0 Å². The Morgan fingerprint density at radius 3 is 3.18 bits per heavy atom. The van der Waals surface area contributed by atoms with Gasteiger partial charge >= 0.3 is 5.97 Å². The second-order valence-corrected chi connectivity index (χ2v) is 4.01. The number of rotatable bonds is 4. The van der Waals surface area contributed by atoms with Gasteiger partial charge in [0.25, 0.3) is 0 Å². The zero-order valence-electron chi connectivity index (χ0n) is 9.25. The predicted octanol–water partition coefficient (Wildman–Crippen LogP) is 3.08. The maximum atomic E-state index is 11.3. The summed E-state index contributed by atoms with van der Waals surface area (Å²) in [5.41, 5.74) is 1.28. The lowest BCUT2D eigenvalue weighted by atomic mass is 10.3. The van der Waals surface area contributed by atoms with Crippen LogP contribution in [-0.2, 0) is 4.74 Å². The molecule has 0 bridgehead atoms. The van der Waals surface area contributed by atoms with Crippen molar-refractivity contribution in [3.05, 3.63) is 39.9 Å². The number of aromatic nitrogens is 1. The second kappa shape index (κ2) is 5.45. The first-order valence-electron chi connectivity index (χ1n) is 5.13. The monoisotopic (exact) mass is 249 g/mol. The van der Waals surface area contributed by atoms with Crippen LogP contribution in [0.2, 0.25) is 0 Å². The molecule has 2 heterocycles. The van der Waals surface area contributed by atoms with Crippen LogP contribution in [-0.4, -0.2) is 17.7 Å². The normalized spacial score (nSPS) is 10.9. The Hall–Kier alpha value is -1.88. The van der Waals surface area contributed by atoms with Gasteiger partial charge in [-0.3, -0.25) is 0 Å². The molecule has 2 aromatic rings. The smallest absolute Gasteiger partial charge is 0.360 e. The zero-order chi connectivity index (χ0) is 12.1. The highest BCUT2D eigenvalue weighted by Gasteiger charge is 2.11. The summed E-state index contributed by atoms with van der Waals surface area (Å²) in [5.74, 6) is 0.0608. The Balaban J connectivity index is 2.06. The summed E-state index contributed by atoms with van der Waals surface area (Å²) in [4.78, 5) is 11.3. The van der Waals surface area contributed by atoms with Crippen LogP contribution in [0.25, 0.3) is 12.2 Å². The molecule has 0 saturated carbocycles. The predicted molar refractivity (Wildman–Crippen MR) is 65.7 cm³/mol. The van der Waals surface area contributed by atoms with E-state index < -0.39 is 5.97 Å². The Morgan fingerprint density at radius 2 is 2.47 bits per heavy atom. The van der Waals surface area contributed by atoms with Gasteiger partial charge in [-0.05, 0) is 35.4 Å². The quantitative estimate of drug-likeness (QED) is 0.781. The van der Waals surface area contributed by atoms with Gasteiger partial charge in [-0.2, -0.15) is 11.3 Å². The highest BCUT2D eigenvalue weighted by Crippen LogP contribution is 2.12. The topological polar surface area (TPSA) is 52.3 Å². The summed E-state index contributed by atoms with van der Waals surface area (Å²) < 4.78 is 9.80. The first-order valence-corrected chi connectivity index (χ1v) is 6.08. The van der Waals surface area contributed by atoms with E-state index in [4.69, 9.17) is 9.26 Å². The van der Waals surface area contributed by atoms with Gasteiger partial charge < -0.3 is 9.26 Å². The molecule has 2 rings (SSSR count). The number of carbonyl (C=O) groups excluding carboxylic acids is 1. The molecule has 0 unspecified atom stereocenters. The number of ether oxygens (including phenoxy) is 1. The van der Waals surface area contributed by atoms with Crippen molar-refractivity contribution < 1.29 is 14.1 Å². The fourth-order valence-electron chi connectivity index (χ4n) is 1.22. The van der Waals surface area contributed by atoms with Crippen LogP contribution in [0.3, 0.4) is 0 Å². The van der Waals surface area contributed by atoms with E-state index in [2.05, 4.69) is 5.16 Å². The van der Waals surface area contributed by atoms with Crippen molar-refractivity contribution in [2.45, 2.75) is 6.92 Å². The standard InChI is InChI=1S/C12H11NO3S/c1-2-15-12(14)11-7-10(16-13-11)4-3-9-5-6-17-8-9/h3-8H,2H2,1H3/b4-3+. The third-order valence-electron chi connectivity index (χ3n) is 2.00. The molecule has 4 nitrogen and oxygen atoms in total. The maximum absolute atomic E-state index is 11.3. The zero-order valence-corrected chi connectivity index (χ0v) is 10.1. The summed E-state index contributed by atoms with van der Waals surface area (Å²) in [6.45, 7) is 2.07. The van der Waals surface area contributed by atoms with Crippen molar-refractivity contribution in [1.29, 1.82) is 0 Å². The summed E-state index contributed by atoms with van der Waals surface area (Å²) in [5, 5.41) is 7.64. The average Bonchev–Trinajstić information content (AvgIpc) is 2.98. The van der Waals surface area contributed by atoms with Crippen molar-refractivity contribution in [2.24, 2.45) is 0 Å². The van der Waals surface area contributed by atoms with Gasteiger partial charge in [-0.1, -0.05) is 11.2 Å². The minimum atomic E-state index is -0.466. The SMILES string of the molecule is CCOC(=O)c1cc(/C=C/c2ccsc2)on1. The number of thiophene rings is 1. The summed E-state index contributed by atoms with van der Waals surface area (Å²) in [6.07, 6.45) is 3.66. The highest BCUT2D eigenvalue weighted by atomic mass is 32.1. The molecule has 2 aromatic heterocycles. The van der Waals surface area contributed by atoms with Gasteiger partial charge in [0, 0.05) is 6.07 Å². The molecule has 0 saturated heterocycles. The summed E-state index contributed by atoms with van der Waals surface area (Å²) in [6, 6.07) is 3.55. The van der Waals surface area contributed by atoms with Crippen molar-refractivity contribution in [2.75, 3.05) is 6.61 Å². The lowest BCUT2D eigenvalue weighted by molar-refractivity contribution is 0.0514. The number of hydrogen-bond donors (Lipinski definition) is 0. The molecular weight excluding hydrogens is 238 g/mol. The van der Waals surface area contributed by atoms with E-state index in [9.17, 15) is 4.79 Å². The molecule has 0 amide bonds. The largest absolute Gasteiger partial charge is 0.461 e. The first kappa shape index (κ1) is 11.6. The molecule has 17 heavy (non-hydrogen) atoms. The summed E-state index contributed by atoms with van der Waals surface area (Å²) in [7, 11) is 0. The first-order chi connectivity index (χ1) is 8.29. The van der Waals surface area contributed by atoms with Crippen LogP contribution in [0.15, 0.2) is 27.4 Å². The van der Waals surface area contributed by atoms with E-state index in [1.54, 1.807) is 30.4 Å². The molecule has 0 fully saturated rings. The molecule has 0 radical (unpaired) electrons. The molecule has 0 aliphatic carbocycles. The van der Waals surface area contributed by atoms with Crippen LogP contribution < -0.4 is 0 Å². The molecule has 0 aliphatic heterocycles. The molecule has 5 heteroatoms. The van der Waals surface area contributed by atoms with E-state index in [1.807, 2.05) is 22.9 Å². The molecular formula is C12H11NO3S. The Bertz CT molecular complexity index is 514. The van der Waals surface area contributed by atoms with Crippen LogP contribution >= 0.6 is 11.3 Å². The maximum Gasteiger partial charge on any atom is 0.360 e. The molecule has 0 N–H and O–H groups in total. The van der Waals surface area contributed by atoms with Gasteiger partial charge in [-0.25, -0.2) is 4.79 Å². The molecule has 0 spiro atoms. The van der Waals surface area contributed by atoms with Crippen LogP contribution in [0, 0.1) is 0 Å². The summed E-state index contributed by atoms with van der Waals surface area (Å²) >= 11 is 1.62. The lowest BCUT2D eigenvalue weighted by Gasteiger charge is -1.94. The van der Waals surface area contributed by atoms with Crippen molar-refractivity contribution in [3.8, 4) is 0 Å². The third kappa shape index (κ3) is 3.04. The van der Waals surface area contributed by atoms with Crippen molar-refractivity contribution in [3.63, 3.8) is 0 Å². The molecule has 0 atom stereocenters. The Labute approximate surface area is 103 Å². The second-order valence-electron chi connectivity index (χ2n) is 3.23. The Kier molecular flexibility index (Phi) is 3.72. The van der Waals surface area contributed by atoms with Crippen molar-refractivity contribution >= 4 is 29.5 Å². The van der Waals surface area contributed by atoms with Crippen molar-refractivity contribution in [1.82, 2.24) is 5.16 Å². The highest BCUT2D eigenvalue weighted by molar-refractivity contribution is 7.08. The van der Waals surface area contributed by atoms with E-state index in [0.717, 1.165) is 5.56 Å². The number of esters is 1. The van der Waals surface area contributed by atoms with E-state index >= 15 is 0 Å². The van der Waals surface area contributed by atoms with Crippen LogP contribution in [0.1, 0.15) is 28.7 Å². The lowest BCUT2D eigenvalue weighted by Crippen LogP contribution is -2.04. The number of nitrogens with zero attached hydrogens (tertiary/aromatic N) is 1. The van der Waals surface area contributed by atoms with E-state index in [1.165, 1.54) is 0 Å². The minimum Gasteiger partial charge on any atom is -0.461 e. The number of carbonyl (C=O) groups is 1. The van der Waals surface area contributed by atoms with Crippen LogP contribution in [0.5, 0.6) is 0 Å². The van der Waals surface area contributed by atoms with E-state index in [-0.39, 0.29) is 5.69 Å². The molecule has 88 valence electrons. The number of hydrogen-bond acceptors (Lipinski definition) is 5. The molecule has 0 aliphatic rings. The van der Waals surface area contributed by atoms with Gasteiger partial charge in [0.1, 0.15) is 0 Å². The third-order valence-corrected chi connectivity index (χ3v) is 2.70. The fraction of sp³-hybridized carbons (Fsp3) is 0.167. The minimum absolute atomic E-state index is 0.191. The van der Waals surface area contributed by atoms with Gasteiger partial charge in [0.2, 0.25) is 0 Å². The fourth-order valence-corrected chi connectivity index (χ4v) is 1.85. The molecule has 0 aromatic carbocycles.